The Kier molecular flexibility index (Phi) is 8.96. The van der Waals surface area contributed by atoms with Crippen LogP contribution in [0.5, 0.6) is 5.75 Å². The maximum Gasteiger partial charge on any atom is 0.321 e. The molecule has 3 aromatic rings. The van der Waals surface area contributed by atoms with Crippen LogP contribution in [0, 0.1) is 11.7 Å². The summed E-state index contributed by atoms with van der Waals surface area (Å²) in [6, 6.07) is 12.0. The summed E-state index contributed by atoms with van der Waals surface area (Å²) in [4.78, 5) is 29.4. The molecule has 3 amide bonds. The first-order valence-electron chi connectivity index (χ1n) is 12.5. The molecule has 1 aromatic heterocycles. The standard InChI is InChI=1S/C27H31FN4O6S2/c1-17-14-32(18(2)16-33)26(34)22-13-21(30-40(36,37)25-5-4-12-39-25)10-11-23(22)38-24(17)15-31(3)27(35)29-20-8-6-19(28)7-9-20/h4-13,17-18,24,30,33H,14-16H2,1-3H3,(H,29,35)/t17-,18-,24-/m1/s1. The molecule has 0 unspecified atom stereocenters. The SMILES string of the molecule is C[C@@H]1CN([C@H](C)CO)C(=O)c2cc(NS(=O)(=O)c3cccs3)ccc2O[C@@H]1CN(C)C(=O)Nc1ccc(F)cc1. The second-order valence-electron chi connectivity index (χ2n) is 9.69. The number of nitrogens with one attached hydrogen (secondary N) is 2. The molecule has 3 atom stereocenters. The molecular formula is C27H31FN4O6S2. The Labute approximate surface area is 236 Å². The molecule has 2 aromatic carbocycles. The molecule has 0 fully saturated rings. The van der Waals surface area contributed by atoms with Crippen LogP contribution >= 0.6 is 11.3 Å². The number of hydrogen-bond acceptors (Lipinski definition) is 7. The molecule has 0 saturated carbocycles. The topological polar surface area (TPSA) is 128 Å². The van der Waals surface area contributed by atoms with Crippen molar-refractivity contribution in [2.75, 3.05) is 36.8 Å². The van der Waals surface area contributed by atoms with Gasteiger partial charge in [0.05, 0.1) is 24.8 Å². The molecule has 2 heterocycles. The van der Waals surface area contributed by atoms with E-state index in [-0.39, 0.29) is 46.8 Å². The van der Waals surface area contributed by atoms with Gasteiger partial charge in [-0.3, -0.25) is 9.52 Å². The highest BCUT2D eigenvalue weighted by Gasteiger charge is 2.34. The molecule has 1 aliphatic heterocycles. The van der Waals surface area contributed by atoms with Gasteiger partial charge in [-0.2, -0.15) is 0 Å². The van der Waals surface area contributed by atoms with Crippen molar-refractivity contribution in [3.05, 3.63) is 71.4 Å². The zero-order valence-corrected chi connectivity index (χ0v) is 23.8. The highest BCUT2D eigenvalue weighted by Crippen LogP contribution is 2.32. The molecular weight excluding hydrogens is 559 g/mol. The fourth-order valence-corrected chi connectivity index (χ4v) is 6.27. The first-order valence-corrected chi connectivity index (χ1v) is 14.9. The highest BCUT2D eigenvalue weighted by atomic mass is 32.2. The van der Waals surface area contributed by atoms with Crippen molar-refractivity contribution in [3.63, 3.8) is 0 Å². The summed E-state index contributed by atoms with van der Waals surface area (Å²) in [5.41, 5.74) is 0.741. The van der Waals surface area contributed by atoms with Crippen LogP contribution in [0.4, 0.5) is 20.6 Å². The number of likely N-dealkylation sites (N-methyl/N-ethyl adjacent to an activating group) is 1. The first kappa shape index (κ1) is 29.3. The maximum absolute atomic E-state index is 13.6. The van der Waals surface area contributed by atoms with Crippen LogP contribution in [0.25, 0.3) is 0 Å². The number of carbonyl (C=O) groups is 2. The Morgan fingerprint density at radius 2 is 1.93 bits per heavy atom. The van der Waals surface area contributed by atoms with Gasteiger partial charge in [-0.05, 0) is 60.8 Å². The van der Waals surface area contributed by atoms with Crippen LogP contribution in [0.2, 0.25) is 0 Å². The van der Waals surface area contributed by atoms with E-state index in [0.717, 1.165) is 11.3 Å². The van der Waals surface area contributed by atoms with Gasteiger partial charge in [-0.25, -0.2) is 17.6 Å². The van der Waals surface area contributed by atoms with E-state index in [0.29, 0.717) is 5.69 Å². The molecule has 13 heteroatoms. The van der Waals surface area contributed by atoms with Crippen molar-refractivity contribution in [1.82, 2.24) is 9.80 Å². The molecule has 0 spiro atoms. The summed E-state index contributed by atoms with van der Waals surface area (Å²) in [5, 5.41) is 14.2. The molecule has 0 bridgehead atoms. The number of hydrogen-bond donors (Lipinski definition) is 3. The summed E-state index contributed by atoms with van der Waals surface area (Å²) in [5.74, 6) is -0.853. The number of anilines is 2. The van der Waals surface area contributed by atoms with Gasteiger partial charge in [0.15, 0.2) is 0 Å². The largest absolute Gasteiger partial charge is 0.487 e. The van der Waals surface area contributed by atoms with Crippen LogP contribution in [0.3, 0.4) is 0 Å². The fraction of sp³-hybridized carbons (Fsp3) is 0.333. The van der Waals surface area contributed by atoms with Crippen LogP contribution in [0.15, 0.2) is 64.2 Å². The summed E-state index contributed by atoms with van der Waals surface area (Å²) in [7, 11) is -2.25. The van der Waals surface area contributed by atoms with Crippen molar-refractivity contribution in [1.29, 1.82) is 0 Å². The summed E-state index contributed by atoms with van der Waals surface area (Å²) in [6.07, 6.45) is -0.558. The Morgan fingerprint density at radius 1 is 1.23 bits per heavy atom. The molecule has 0 radical (unpaired) electrons. The second kappa shape index (κ2) is 12.2. The lowest BCUT2D eigenvalue weighted by molar-refractivity contribution is 0.0371. The zero-order chi connectivity index (χ0) is 29.0. The normalized spacial score (nSPS) is 18.1. The number of aliphatic hydroxyl groups is 1. The number of thiophene rings is 1. The van der Waals surface area contributed by atoms with E-state index in [4.69, 9.17) is 4.74 Å². The van der Waals surface area contributed by atoms with Crippen LogP contribution in [-0.2, 0) is 10.0 Å². The third-order valence-electron chi connectivity index (χ3n) is 6.57. The molecule has 1 aliphatic rings. The van der Waals surface area contributed by atoms with Gasteiger partial charge in [0.2, 0.25) is 0 Å². The number of carbonyl (C=O) groups excluding carboxylic acids is 2. The minimum absolute atomic E-state index is 0.127. The number of halogens is 1. The number of rotatable bonds is 8. The number of amides is 3. The summed E-state index contributed by atoms with van der Waals surface area (Å²) in [6.45, 7) is 3.70. The van der Waals surface area contributed by atoms with E-state index in [1.54, 1.807) is 25.4 Å². The highest BCUT2D eigenvalue weighted by molar-refractivity contribution is 7.94. The lowest BCUT2D eigenvalue weighted by Crippen LogP contribution is -2.50. The van der Waals surface area contributed by atoms with Gasteiger partial charge in [-0.15, -0.1) is 11.3 Å². The molecule has 10 nitrogen and oxygen atoms in total. The van der Waals surface area contributed by atoms with Crippen LogP contribution in [0.1, 0.15) is 24.2 Å². The lowest BCUT2D eigenvalue weighted by atomic mass is 9.99. The van der Waals surface area contributed by atoms with Crippen LogP contribution in [-0.4, -0.2) is 74.2 Å². The Morgan fingerprint density at radius 3 is 2.58 bits per heavy atom. The monoisotopic (exact) mass is 590 g/mol. The minimum Gasteiger partial charge on any atom is -0.487 e. The van der Waals surface area contributed by atoms with Gasteiger partial charge in [0.1, 0.15) is 21.9 Å². The Bertz CT molecular complexity index is 1450. The number of nitrogens with zero attached hydrogens (tertiary/aromatic N) is 2. The average Bonchev–Trinajstić information content (AvgIpc) is 3.48. The number of ether oxygens (including phenoxy) is 1. The molecule has 0 saturated heterocycles. The maximum atomic E-state index is 13.6. The fourth-order valence-electron chi connectivity index (χ4n) is 4.23. The van der Waals surface area contributed by atoms with Crippen molar-refractivity contribution < 1.29 is 32.2 Å². The van der Waals surface area contributed by atoms with E-state index in [1.165, 1.54) is 58.3 Å². The van der Waals surface area contributed by atoms with E-state index < -0.39 is 39.9 Å². The zero-order valence-electron chi connectivity index (χ0n) is 22.2. The predicted molar refractivity (Wildman–Crippen MR) is 151 cm³/mol. The molecule has 214 valence electrons. The van der Waals surface area contributed by atoms with Crippen molar-refractivity contribution >= 4 is 44.7 Å². The van der Waals surface area contributed by atoms with Gasteiger partial charge < -0.3 is 25.0 Å². The third-order valence-corrected chi connectivity index (χ3v) is 9.35. The van der Waals surface area contributed by atoms with Gasteiger partial charge >= 0.3 is 6.03 Å². The average molecular weight is 591 g/mol. The van der Waals surface area contributed by atoms with Gasteiger partial charge in [0, 0.05) is 30.9 Å². The number of sulfonamides is 1. The number of fused-ring (bicyclic) bond motifs is 1. The van der Waals surface area contributed by atoms with Crippen molar-refractivity contribution in [2.24, 2.45) is 5.92 Å². The Hall–Kier alpha value is -3.68. The van der Waals surface area contributed by atoms with Crippen LogP contribution < -0.4 is 14.8 Å². The van der Waals surface area contributed by atoms with E-state index >= 15 is 0 Å². The van der Waals surface area contributed by atoms with Crippen molar-refractivity contribution in [3.8, 4) is 5.75 Å². The predicted octanol–water partition coefficient (Wildman–Crippen LogP) is 4.07. The van der Waals surface area contributed by atoms with Gasteiger partial charge in [-0.1, -0.05) is 13.0 Å². The van der Waals surface area contributed by atoms with Crippen molar-refractivity contribution in [2.45, 2.75) is 30.2 Å². The van der Waals surface area contributed by atoms with E-state index in [1.807, 2.05) is 6.92 Å². The summed E-state index contributed by atoms with van der Waals surface area (Å²) >= 11 is 1.07. The number of benzene rings is 2. The Balaban J connectivity index is 1.60. The van der Waals surface area contributed by atoms with E-state index in [2.05, 4.69) is 10.0 Å². The molecule has 3 N–H and O–H groups in total. The van der Waals surface area contributed by atoms with E-state index in [9.17, 15) is 27.5 Å². The molecule has 4 rings (SSSR count). The molecule has 40 heavy (non-hydrogen) atoms. The summed E-state index contributed by atoms with van der Waals surface area (Å²) < 4.78 is 47.6. The lowest BCUT2D eigenvalue weighted by Gasteiger charge is -2.38. The smallest absolute Gasteiger partial charge is 0.321 e. The number of urea groups is 1. The third kappa shape index (κ3) is 6.72. The first-order chi connectivity index (χ1) is 19.0. The minimum atomic E-state index is -3.85. The van der Waals surface area contributed by atoms with Gasteiger partial charge in [0.25, 0.3) is 15.9 Å². The molecule has 0 aliphatic carbocycles. The second-order valence-corrected chi connectivity index (χ2v) is 12.5. The quantitative estimate of drug-likeness (QED) is 0.363. The number of aliphatic hydroxyl groups excluding tert-OH is 1.